The molecule has 1 aliphatic heterocycles. The van der Waals surface area contributed by atoms with E-state index in [9.17, 15) is 8.42 Å². The number of nitrogens with zero attached hydrogens (tertiary/aromatic N) is 8. The standard InChI is InChI=1S/C22H24N8O2S/c1-17-18(2)29(16-25-17)22-14-21(23-15-24-22)27-10-12-28(13-11-27)33(31,32)20-6-4-19(5-7-20)30-9-3-8-26-30/h3-9,14-16H,10-13H2,1-2H3. The average Bonchev–Trinajstić information content (AvgIpc) is 3.50. The summed E-state index contributed by atoms with van der Waals surface area (Å²) in [6, 6.07) is 10.5. The van der Waals surface area contributed by atoms with Crippen molar-refractivity contribution in [3.63, 3.8) is 0 Å². The molecule has 1 saturated heterocycles. The summed E-state index contributed by atoms with van der Waals surface area (Å²) in [5.74, 6) is 1.51. The van der Waals surface area contributed by atoms with Crippen molar-refractivity contribution in [3.05, 3.63) is 72.8 Å². The highest BCUT2D eigenvalue weighted by Crippen LogP contribution is 2.22. The monoisotopic (exact) mass is 464 g/mol. The molecular weight excluding hydrogens is 440 g/mol. The van der Waals surface area contributed by atoms with E-state index in [0.29, 0.717) is 26.2 Å². The predicted molar refractivity (Wildman–Crippen MR) is 123 cm³/mol. The van der Waals surface area contributed by atoms with Gasteiger partial charge in [0.15, 0.2) is 0 Å². The molecule has 1 fully saturated rings. The number of benzene rings is 1. The Morgan fingerprint density at radius 2 is 1.64 bits per heavy atom. The van der Waals surface area contributed by atoms with Gasteiger partial charge in [0, 0.05) is 50.3 Å². The maximum absolute atomic E-state index is 13.2. The summed E-state index contributed by atoms with van der Waals surface area (Å²) in [4.78, 5) is 15.5. The number of aryl methyl sites for hydroxylation is 1. The Hall–Kier alpha value is -3.57. The molecule has 170 valence electrons. The fourth-order valence-corrected chi connectivity index (χ4v) is 5.29. The van der Waals surface area contributed by atoms with Gasteiger partial charge in [0.2, 0.25) is 10.0 Å². The van der Waals surface area contributed by atoms with Crippen molar-refractivity contribution in [1.29, 1.82) is 0 Å². The maximum atomic E-state index is 13.2. The fraction of sp³-hybridized carbons (Fsp3) is 0.273. The minimum atomic E-state index is -3.58. The lowest BCUT2D eigenvalue weighted by Crippen LogP contribution is -2.48. The number of rotatable bonds is 5. The minimum absolute atomic E-state index is 0.280. The molecule has 0 aliphatic carbocycles. The van der Waals surface area contributed by atoms with Crippen LogP contribution in [0.5, 0.6) is 0 Å². The van der Waals surface area contributed by atoms with Crippen LogP contribution in [-0.2, 0) is 10.0 Å². The molecule has 0 radical (unpaired) electrons. The number of imidazole rings is 1. The molecule has 0 bridgehead atoms. The van der Waals surface area contributed by atoms with Crippen LogP contribution >= 0.6 is 0 Å². The van der Waals surface area contributed by atoms with Crippen LogP contribution in [0.15, 0.2) is 66.3 Å². The van der Waals surface area contributed by atoms with Crippen LogP contribution in [0.25, 0.3) is 11.5 Å². The first-order valence-electron chi connectivity index (χ1n) is 10.6. The SMILES string of the molecule is Cc1ncn(-c2cc(N3CCN(S(=O)(=O)c4ccc(-n5cccn5)cc4)CC3)ncn2)c1C. The summed E-state index contributed by atoms with van der Waals surface area (Å²) >= 11 is 0. The number of piperazine rings is 1. The molecule has 0 unspecified atom stereocenters. The lowest BCUT2D eigenvalue weighted by molar-refractivity contribution is 0.383. The average molecular weight is 465 g/mol. The number of hydrogen-bond donors (Lipinski definition) is 0. The van der Waals surface area contributed by atoms with Crippen molar-refractivity contribution in [2.75, 3.05) is 31.1 Å². The minimum Gasteiger partial charge on any atom is -0.354 e. The van der Waals surface area contributed by atoms with E-state index in [1.807, 2.05) is 36.7 Å². The van der Waals surface area contributed by atoms with Gasteiger partial charge in [0.25, 0.3) is 0 Å². The van der Waals surface area contributed by atoms with Crippen LogP contribution in [0.2, 0.25) is 0 Å². The Labute approximate surface area is 192 Å². The summed E-state index contributed by atoms with van der Waals surface area (Å²) in [7, 11) is -3.58. The van der Waals surface area contributed by atoms with Crippen LogP contribution < -0.4 is 4.90 Å². The summed E-state index contributed by atoms with van der Waals surface area (Å²) in [5, 5.41) is 4.17. The number of sulfonamides is 1. The predicted octanol–water partition coefficient (Wildman–Crippen LogP) is 1.98. The Kier molecular flexibility index (Phi) is 5.43. The molecule has 0 spiro atoms. The zero-order valence-electron chi connectivity index (χ0n) is 18.4. The van der Waals surface area contributed by atoms with Crippen LogP contribution in [0.1, 0.15) is 11.4 Å². The molecule has 0 amide bonds. The second kappa shape index (κ2) is 8.41. The van der Waals surface area contributed by atoms with E-state index in [2.05, 4.69) is 25.0 Å². The van der Waals surface area contributed by atoms with Crippen molar-refractivity contribution in [2.45, 2.75) is 18.7 Å². The second-order valence-electron chi connectivity index (χ2n) is 7.86. The molecule has 11 heteroatoms. The van der Waals surface area contributed by atoms with E-state index >= 15 is 0 Å². The fourth-order valence-electron chi connectivity index (χ4n) is 3.87. The summed E-state index contributed by atoms with van der Waals surface area (Å²) in [5.41, 5.74) is 2.78. The van der Waals surface area contributed by atoms with Crippen molar-refractivity contribution in [1.82, 2.24) is 33.6 Å². The van der Waals surface area contributed by atoms with E-state index < -0.39 is 10.0 Å². The molecule has 10 nitrogen and oxygen atoms in total. The highest BCUT2D eigenvalue weighted by molar-refractivity contribution is 7.89. The van der Waals surface area contributed by atoms with Crippen molar-refractivity contribution in [2.24, 2.45) is 0 Å². The first-order chi connectivity index (χ1) is 15.9. The number of aromatic nitrogens is 6. The van der Waals surface area contributed by atoms with Gasteiger partial charge in [-0.25, -0.2) is 28.1 Å². The van der Waals surface area contributed by atoms with Crippen LogP contribution in [-0.4, -0.2) is 68.2 Å². The summed E-state index contributed by atoms with van der Waals surface area (Å²) < 4.78 is 31.5. The van der Waals surface area contributed by atoms with E-state index in [-0.39, 0.29) is 4.90 Å². The van der Waals surface area contributed by atoms with E-state index in [1.54, 1.807) is 41.5 Å². The maximum Gasteiger partial charge on any atom is 0.243 e. The van der Waals surface area contributed by atoms with Gasteiger partial charge in [0.05, 0.1) is 16.3 Å². The number of anilines is 1. The van der Waals surface area contributed by atoms with Gasteiger partial charge in [-0.15, -0.1) is 0 Å². The topological polar surface area (TPSA) is 102 Å². The first kappa shape index (κ1) is 21.3. The largest absolute Gasteiger partial charge is 0.354 e. The van der Waals surface area contributed by atoms with Crippen LogP contribution in [0.3, 0.4) is 0 Å². The molecular formula is C22H24N8O2S. The Balaban J connectivity index is 1.29. The Bertz CT molecular complexity index is 1360. The third-order valence-electron chi connectivity index (χ3n) is 5.94. The van der Waals surface area contributed by atoms with Gasteiger partial charge in [-0.1, -0.05) is 0 Å². The van der Waals surface area contributed by atoms with Crippen molar-refractivity contribution < 1.29 is 8.42 Å². The molecule has 0 N–H and O–H groups in total. The molecule has 1 aromatic carbocycles. The Morgan fingerprint density at radius 1 is 0.909 bits per heavy atom. The van der Waals surface area contributed by atoms with Crippen LogP contribution in [0.4, 0.5) is 5.82 Å². The van der Waals surface area contributed by atoms with E-state index in [4.69, 9.17) is 0 Å². The highest BCUT2D eigenvalue weighted by Gasteiger charge is 2.29. The second-order valence-corrected chi connectivity index (χ2v) is 9.79. The van der Waals surface area contributed by atoms with Gasteiger partial charge in [0.1, 0.15) is 24.3 Å². The summed E-state index contributed by atoms with van der Waals surface area (Å²) in [6.45, 7) is 5.80. The third kappa shape index (κ3) is 4.00. The normalized spacial score (nSPS) is 15.2. The van der Waals surface area contributed by atoms with E-state index in [0.717, 1.165) is 28.7 Å². The highest BCUT2D eigenvalue weighted by atomic mass is 32.2. The Morgan fingerprint density at radius 3 is 2.27 bits per heavy atom. The van der Waals surface area contributed by atoms with Gasteiger partial charge in [-0.05, 0) is 44.2 Å². The van der Waals surface area contributed by atoms with Gasteiger partial charge >= 0.3 is 0 Å². The van der Waals surface area contributed by atoms with Crippen molar-refractivity contribution >= 4 is 15.8 Å². The molecule has 5 rings (SSSR count). The quantitative estimate of drug-likeness (QED) is 0.445. The molecule has 33 heavy (non-hydrogen) atoms. The van der Waals surface area contributed by atoms with Gasteiger partial charge < -0.3 is 4.90 Å². The molecule has 4 heterocycles. The smallest absolute Gasteiger partial charge is 0.243 e. The molecule has 4 aromatic rings. The van der Waals surface area contributed by atoms with Crippen LogP contribution in [0, 0.1) is 13.8 Å². The lowest BCUT2D eigenvalue weighted by Gasteiger charge is -2.34. The molecule has 0 atom stereocenters. The molecule has 0 saturated carbocycles. The zero-order chi connectivity index (χ0) is 23.0. The lowest BCUT2D eigenvalue weighted by atomic mass is 10.3. The van der Waals surface area contributed by atoms with E-state index in [1.165, 1.54) is 10.6 Å². The van der Waals surface area contributed by atoms with Crippen molar-refractivity contribution in [3.8, 4) is 11.5 Å². The number of hydrogen-bond acceptors (Lipinski definition) is 7. The zero-order valence-corrected chi connectivity index (χ0v) is 19.2. The third-order valence-corrected chi connectivity index (χ3v) is 7.86. The first-order valence-corrected chi connectivity index (χ1v) is 12.1. The molecule has 1 aliphatic rings. The van der Waals surface area contributed by atoms with Gasteiger partial charge in [-0.3, -0.25) is 4.57 Å². The summed E-state index contributed by atoms with van der Waals surface area (Å²) in [6.07, 6.45) is 6.78. The molecule has 3 aromatic heterocycles. The van der Waals surface area contributed by atoms with Gasteiger partial charge in [-0.2, -0.15) is 9.40 Å².